The highest BCUT2D eigenvalue weighted by Gasteiger charge is 2.34. The number of aryl methyl sites for hydroxylation is 2. The minimum absolute atomic E-state index is 0.0352. The van der Waals surface area contributed by atoms with E-state index in [2.05, 4.69) is 10.4 Å². The Hall–Kier alpha value is -2.26. The lowest BCUT2D eigenvalue weighted by Gasteiger charge is -2.22. The highest BCUT2D eigenvalue weighted by Crippen LogP contribution is 2.16. The largest absolute Gasteiger partial charge is 0.480 e. The predicted octanol–water partition coefficient (Wildman–Crippen LogP) is 0.887. The summed E-state index contributed by atoms with van der Waals surface area (Å²) in [7, 11) is 1.67. The second-order valence-electron chi connectivity index (χ2n) is 4.44. The number of carboxylic acid groups (broad SMARTS) is 1. The van der Waals surface area contributed by atoms with E-state index >= 15 is 0 Å². The third-order valence-electron chi connectivity index (χ3n) is 2.53. The summed E-state index contributed by atoms with van der Waals surface area (Å²) in [5, 5.41) is 14.8. The number of alkyl halides is 3. The summed E-state index contributed by atoms with van der Waals surface area (Å²) in [5.41, 5.74) is 1.26. The van der Waals surface area contributed by atoms with Gasteiger partial charge in [0.2, 0.25) is 0 Å². The van der Waals surface area contributed by atoms with Crippen molar-refractivity contribution in [3.63, 3.8) is 0 Å². The number of carbonyl (C=O) groups excluding carboxylic acids is 1. The van der Waals surface area contributed by atoms with Crippen molar-refractivity contribution in [3.05, 3.63) is 17.5 Å². The number of aliphatic carboxylic acids is 1. The van der Waals surface area contributed by atoms with E-state index in [1.54, 1.807) is 20.2 Å². The number of carboxylic acids is 1. The molecule has 2 amide bonds. The fourth-order valence-corrected chi connectivity index (χ4v) is 1.68. The molecule has 0 aliphatic carbocycles. The minimum Gasteiger partial charge on any atom is -0.480 e. The van der Waals surface area contributed by atoms with Gasteiger partial charge in [-0.05, 0) is 6.92 Å². The van der Waals surface area contributed by atoms with E-state index in [0.29, 0.717) is 11.3 Å². The van der Waals surface area contributed by atoms with Gasteiger partial charge in [-0.1, -0.05) is 0 Å². The molecule has 0 spiro atoms. The first-order chi connectivity index (χ1) is 9.58. The molecule has 1 aromatic rings. The van der Waals surface area contributed by atoms with E-state index in [9.17, 15) is 22.8 Å². The van der Waals surface area contributed by atoms with E-state index in [1.165, 1.54) is 4.68 Å². The van der Waals surface area contributed by atoms with E-state index < -0.39 is 31.3 Å². The second kappa shape index (κ2) is 6.46. The maximum Gasteiger partial charge on any atom is 0.406 e. The molecule has 0 aliphatic heterocycles. The van der Waals surface area contributed by atoms with Gasteiger partial charge < -0.3 is 15.3 Å². The Bertz CT molecular complexity index is 527. The van der Waals surface area contributed by atoms with Crippen molar-refractivity contribution in [2.75, 3.05) is 13.1 Å². The van der Waals surface area contributed by atoms with Crippen molar-refractivity contribution in [3.8, 4) is 0 Å². The number of urea groups is 1. The summed E-state index contributed by atoms with van der Waals surface area (Å²) in [5.74, 6) is -1.52. The molecule has 0 aromatic carbocycles. The first-order valence-electron chi connectivity index (χ1n) is 5.89. The van der Waals surface area contributed by atoms with Crippen LogP contribution in [0.5, 0.6) is 0 Å². The third kappa shape index (κ3) is 5.71. The van der Waals surface area contributed by atoms with Gasteiger partial charge in [0.1, 0.15) is 13.1 Å². The number of hydrogen-bond donors (Lipinski definition) is 2. The third-order valence-corrected chi connectivity index (χ3v) is 2.53. The molecule has 10 heteroatoms. The lowest BCUT2D eigenvalue weighted by atomic mass is 10.3. The molecule has 0 unspecified atom stereocenters. The van der Waals surface area contributed by atoms with Gasteiger partial charge in [0.05, 0.1) is 5.69 Å². The molecule has 0 saturated carbocycles. The average Bonchev–Trinajstić information content (AvgIpc) is 2.61. The highest BCUT2D eigenvalue weighted by molar-refractivity contribution is 5.80. The molecule has 1 aromatic heterocycles. The number of aromatic nitrogens is 2. The van der Waals surface area contributed by atoms with Crippen molar-refractivity contribution in [1.82, 2.24) is 20.0 Å². The monoisotopic (exact) mass is 308 g/mol. The van der Waals surface area contributed by atoms with Crippen LogP contribution < -0.4 is 5.32 Å². The summed E-state index contributed by atoms with van der Waals surface area (Å²) < 4.78 is 38.5. The van der Waals surface area contributed by atoms with Crippen LogP contribution in [-0.2, 0) is 18.4 Å². The number of hydrogen-bond acceptors (Lipinski definition) is 3. The fraction of sp³-hybridized carbons (Fsp3) is 0.545. The van der Waals surface area contributed by atoms with E-state index in [1.807, 2.05) is 0 Å². The molecule has 118 valence electrons. The molecule has 0 atom stereocenters. The molecular weight excluding hydrogens is 293 g/mol. The SMILES string of the molecule is Cc1nn(C)cc1CNC(=O)N(CC(=O)O)CC(F)(F)F. The zero-order valence-electron chi connectivity index (χ0n) is 11.4. The first-order valence-corrected chi connectivity index (χ1v) is 5.89. The molecule has 0 fully saturated rings. The molecular formula is C11H15F3N4O3. The molecule has 1 rings (SSSR count). The predicted molar refractivity (Wildman–Crippen MR) is 65.4 cm³/mol. The Labute approximate surface area is 118 Å². The zero-order chi connectivity index (χ0) is 16.2. The van der Waals surface area contributed by atoms with Gasteiger partial charge in [-0.15, -0.1) is 0 Å². The van der Waals surface area contributed by atoms with Crippen molar-refractivity contribution < 1.29 is 27.9 Å². The minimum atomic E-state index is -4.67. The van der Waals surface area contributed by atoms with Crippen molar-refractivity contribution in [2.24, 2.45) is 7.05 Å². The Morgan fingerprint density at radius 1 is 1.48 bits per heavy atom. The van der Waals surface area contributed by atoms with Crippen LogP contribution in [0.4, 0.5) is 18.0 Å². The highest BCUT2D eigenvalue weighted by atomic mass is 19.4. The quantitative estimate of drug-likeness (QED) is 0.845. The molecule has 1 heterocycles. The number of nitrogens with zero attached hydrogens (tertiary/aromatic N) is 3. The number of nitrogens with one attached hydrogen (secondary N) is 1. The molecule has 0 saturated heterocycles. The number of halogens is 3. The van der Waals surface area contributed by atoms with Gasteiger partial charge in [-0.3, -0.25) is 9.48 Å². The van der Waals surface area contributed by atoms with Crippen LogP contribution in [0, 0.1) is 6.92 Å². The van der Waals surface area contributed by atoms with Crippen molar-refractivity contribution in [1.29, 1.82) is 0 Å². The lowest BCUT2D eigenvalue weighted by Crippen LogP contribution is -2.46. The molecule has 2 N–H and O–H groups in total. The summed E-state index contributed by atoms with van der Waals surface area (Å²) in [6.07, 6.45) is -3.06. The van der Waals surface area contributed by atoms with Crippen LogP contribution in [-0.4, -0.2) is 51.1 Å². The van der Waals surface area contributed by atoms with Crippen LogP contribution in [0.2, 0.25) is 0 Å². The van der Waals surface area contributed by atoms with E-state index in [0.717, 1.165) is 0 Å². The summed E-state index contributed by atoms with van der Waals surface area (Å²) in [4.78, 5) is 22.4. The van der Waals surface area contributed by atoms with Gasteiger partial charge in [-0.2, -0.15) is 18.3 Å². The summed E-state index contributed by atoms with van der Waals surface area (Å²) >= 11 is 0. The maximum absolute atomic E-state index is 12.3. The first kappa shape index (κ1) is 16.8. The number of carbonyl (C=O) groups is 2. The summed E-state index contributed by atoms with van der Waals surface area (Å²) in [6.45, 7) is -1.01. The number of rotatable bonds is 5. The van der Waals surface area contributed by atoms with Gasteiger partial charge >= 0.3 is 18.2 Å². The molecule has 0 aliphatic rings. The Balaban J connectivity index is 2.67. The van der Waals surface area contributed by atoms with Gasteiger partial charge in [0.15, 0.2) is 0 Å². The van der Waals surface area contributed by atoms with Gasteiger partial charge in [-0.25, -0.2) is 4.79 Å². The van der Waals surface area contributed by atoms with E-state index in [4.69, 9.17) is 5.11 Å². The van der Waals surface area contributed by atoms with Gasteiger partial charge in [0.25, 0.3) is 0 Å². The molecule has 0 radical (unpaired) electrons. The fourth-order valence-electron chi connectivity index (χ4n) is 1.68. The summed E-state index contributed by atoms with van der Waals surface area (Å²) in [6, 6.07) is -1.10. The molecule has 7 nitrogen and oxygen atoms in total. The molecule has 21 heavy (non-hydrogen) atoms. The normalized spacial score (nSPS) is 11.3. The Morgan fingerprint density at radius 2 is 2.10 bits per heavy atom. The Morgan fingerprint density at radius 3 is 2.52 bits per heavy atom. The van der Waals surface area contributed by atoms with Gasteiger partial charge in [0, 0.05) is 25.4 Å². The number of amides is 2. The van der Waals surface area contributed by atoms with Crippen LogP contribution in [0.25, 0.3) is 0 Å². The van der Waals surface area contributed by atoms with Crippen molar-refractivity contribution in [2.45, 2.75) is 19.6 Å². The molecule has 0 bridgehead atoms. The average molecular weight is 308 g/mol. The van der Waals surface area contributed by atoms with Crippen LogP contribution >= 0.6 is 0 Å². The Kier molecular flexibility index (Phi) is 5.17. The zero-order valence-corrected chi connectivity index (χ0v) is 11.4. The maximum atomic E-state index is 12.3. The standard InChI is InChI=1S/C11H15F3N4O3/c1-7-8(4-17(2)16-7)3-15-10(21)18(5-9(19)20)6-11(12,13)14/h4H,3,5-6H2,1-2H3,(H,15,21)(H,19,20). The lowest BCUT2D eigenvalue weighted by molar-refractivity contribution is -0.148. The van der Waals surface area contributed by atoms with Crippen molar-refractivity contribution >= 4 is 12.0 Å². The smallest absolute Gasteiger partial charge is 0.406 e. The van der Waals surface area contributed by atoms with Crippen LogP contribution in [0.15, 0.2) is 6.20 Å². The second-order valence-corrected chi connectivity index (χ2v) is 4.44. The van der Waals surface area contributed by atoms with E-state index in [-0.39, 0.29) is 11.4 Å². The topological polar surface area (TPSA) is 87.5 Å². The van der Waals surface area contributed by atoms with Crippen LogP contribution in [0.3, 0.4) is 0 Å². The van der Waals surface area contributed by atoms with Crippen LogP contribution in [0.1, 0.15) is 11.3 Å².